The highest BCUT2D eigenvalue weighted by molar-refractivity contribution is 8.00. The van der Waals surface area contributed by atoms with Crippen LogP contribution in [0.15, 0.2) is 47.4 Å². The van der Waals surface area contributed by atoms with Gasteiger partial charge >= 0.3 is 0 Å². The van der Waals surface area contributed by atoms with Crippen molar-refractivity contribution in [1.29, 1.82) is 0 Å². The first-order valence-electron chi connectivity index (χ1n) is 7.91. The highest BCUT2D eigenvalue weighted by Crippen LogP contribution is 2.23. The molecule has 2 aromatic rings. The molecule has 2 rings (SSSR count). The zero-order valence-electron chi connectivity index (χ0n) is 14.2. The maximum Gasteiger partial charge on any atom is 0.292 e. The zero-order chi connectivity index (χ0) is 18.2. The largest absolute Gasteiger partial charge is 0.378 e. The lowest BCUT2D eigenvalue weighted by molar-refractivity contribution is -0.384. The minimum atomic E-state index is -0.429. The molecule has 7 heteroatoms. The molecule has 0 spiro atoms. The first-order valence-corrected chi connectivity index (χ1v) is 8.90. The van der Waals surface area contributed by atoms with Gasteiger partial charge in [0.2, 0.25) is 5.91 Å². The first kappa shape index (κ1) is 18.8. The Bertz CT molecular complexity index is 765. The van der Waals surface area contributed by atoms with Gasteiger partial charge in [-0.05, 0) is 31.5 Å². The molecule has 0 saturated carbocycles. The summed E-state index contributed by atoms with van der Waals surface area (Å²) in [5.74, 6) is 0.283. The lowest BCUT2D eigenvalue weighted by Crippen LogP contribution is -2.30. The van der Waals surface area contributed by atoms with Gasteiger partial charge in [-0.15, -0.1) is 11.8 Å². The third kappa shape index (κ3) is 5.79. The minimum Gasteiger partial charge on any atom is -0.378 e. The normalized spacial score (nSPS) is 10.3. The number of hydrogen-bond acceptors (Lipinski definition) is 5. The third-order valence-electron chi connectivity index (χ3n) is 3.57. The molecule has 0 aliphatic rings. The summed E-state index contributed by atoms with van der Waals surface area (Å²) in [4.78, 5) is 23.5. The van der Waals surface area contributed by atoms with Crippen molar-refractivity contribution in [2.45, 2.75) is 18.7 Å². The van der Waals surface area contributed by atoms with Crippen LogP contribution in [0, 0.1) is 24.0 Å². The molecule has 0 aliphatic heterocycles. The molecule has 0 heterocycles. The molecule has 0 saturated heterocycles. The van der Waals surface area contributed by atoms with Crippen LogP contribution in [0.1, 0.15) is 11.1 Å². The number of aryl methyl sites for hydroxylation is 2. The lowest BCUT2D eigenvalue weighted by Gasteiger charge is -2.09. The first-order chi connectivity index (χ1) is 12.0. The van der Waals surface area contributed by atoms with Crippen LogP contribution in [-0.4, -0.2) is 29.7 Å². The Kier molecular flexibility index (Phi) is 6.82. The van der Waals surface area contributed by atoms with Crippen molar-refractivity contribution in [3.63, 3.8) is 0 Å². The van der Waals surface area contributed by atoms with E-state index in [1.807, 2.05) is 26.0 Å². The van der Waals surface area contributed by atoms with Crippen molar-refractivity contribution >= 4 is 29.0 Å². The summed E-state index contributed by atoms with van der Waals surface area (Å²) < 4.78 is 0. The third-order valence-corrected chi connectivity index (χ3v) is 4.72. The Morgan fingerprint density at radius 3 is 2.68 bits per heavy atom. The topological polar surface area (TPSA) is 84.3 Å². The van der Waals surface area contributed by atoms with Crippen molar-refractivity contribution in [3.05, 3.63) is 63.7 Å². The van der Waals surface area contributed by atoms with Crippen molar-refractivity contribution in [2.75, 3.05) is 24.2 Å². The standard InChI is InChI=1S/C18H21N3O3S/c1-13-7-8-14(2)17(11-13)25-12-18(22)20-10-9-19-15-5-3-4-6-16(15)21(23)24/h3-8,11,19H,9-10,12H2,1-2H3,(H,20,22). The fourth-order valence-electron chi connectivity index (χ4n) is 2.24. The van der Waals surface area contributed by atoms with Crippen LogP contribution in [0.5, 0.6) is 0 Å². The Morgan fingerprint density at radius 1 is 1.16 bits per heavy atom. The monoisotopic (exact) mass is 359 g/mol. The molecular formula is C18H21N3O3S. The second-order valence-corrected chi connectivity index (χ2v) is 6.63. The lowest BCUT2D eigenvalue weighted by atomic mass is 10.2. The van der Waals surface area contributed by atoms with Gasteiger partial charge in [0, 0.05) is 24.1 Å². The molecule has 0 aromatic heterocycles. The van der Waals surface area contributed by atoms with Crippen LogP contribution in [0.25, 0.3) is 0 Å². The predicted octanol–water partition coefficient (Wildman–Crippen LogP) is 3.53. The van der Waals surface area contributed by atoms with Crippen molar-refractivity contribution in [2.24, 2.45) is 0 Å². The van der Waals surface area contributed by atoms with Gasteiger partial charge in [-0.2, -0.15) is 0 Å². The van der Waals surface area contributed by atoms with Gasteiger partial charge in [0.25, 0.3) is 5.69 Å². The van der Waals surface area contributed by atoms with E-state index in [1.165, 1.54) is 23.4 Å². The average Bonchev–Trinajstić information content (AvgIpc) is 2.59. The molecule has 0 bridgehead atoms. The molecule has 0 atom stereocenters. The van der Waals surface area contributed by atoms with Crippen LogP contribution in [-0.2, 0) is 4.79 Å². The molecule has 132 valence electrons. The Hall–Kier alpha value is -2.54. The predicted molar refractivity (Wildman–Crippen MR) is 101 cm³/mol. The summed E-state index contributed by atoms with van der Waals surface area (Å²) in [6.45, 7) is 4.87. The molecule has 6 nitrogen and oxygen atoms in total. The molecule has 0 fully saturated rings. The van der Waals surface area contributed by atoms with Crippen LogP contribution >= 0.6 is 11.8 Å². The van der Waals surface area contributed by atoms with E-state index in [9.17, 15) is 14.9 Å². The van der Waals surface area contributed by atoms with Crippen LogP contribution in [0.2, 0.25) is 0 Å². The van der Waals surface area contributed by atoms with Gasteiger partial charge in [0.15, 0.2) is 0 Å². The maximum absolute atomic E-state index is 11.9. The zero-order valence-corrected chi connectivity index (χ0v) is 15.1. The van der Waals surface area contributed by atoms with Crippen molar-refractivity contribution in [1.82, 2.24) is 5.32 Å². The molecule has 2 N–H and O–H groups in total. The second-order valence-electron chi connectivity index (χ2n) is 5.61. The van der Waals surface area contributed by atoms with Gasteiger partial charge in [0.05, 0.1) is 10.7 Å². The maximum atomic E-state index is 11.9. The Balaban J connectivity index is 1.74. The average molecular weight is 359 g/mol. The number of thioether (sulfide) groups is 1. The number of rotatable bonds is 8. The smallest absolute Gasteiger partial charge is 0.292 e. The van der Waals surface area contributed by atoms with E-state index in [-0.39, 0.29) is 11.6 Å². The Labute approximate surface area is 151 Å². The number of nitrogens with zero attached hydrogens (tertiary/aromatic N) is 1. The second kappa shape index (κ2) is 9.08. The number of anilines is 1. The van der Waals surface area contributed by atoms with Gasteiger partial charge in [-0.25, -0.2) is 0 Å². The van der Waals surface area contributed by atoms with Crippen molar-refractivity contribution < 1.29 is 9.72 Å². The van der Waals surface area contributed by atoms with Gasteiger partial charge < -0.3 is 10.6 Å². The van der Waals surface area contributed by atoms with Crippen molar-refractivity contribution in [3.8, 4) is 0 Å². The van der Waals surface area contributed by atoms with E-state index >= 15 is 0 Å². The molecule has 0 aliphatic carbocycles. The van der Waals surface area contributed by atoms with E-state index < -0.39 is 4.92 Å². The summed E-state index contributed by atoms with van der Waals surface area (Å²) in [5.41, 5.74) is 2.80. The highest BCUT2D eigenvalue weighted by Gasteiger charge is 2.11. The van der Waals surface area contributed by atoms with Gasteiger partial charge in [-0.1, -0.05) is 29.8 Å². The number of amides is 1. The molecule has 0 radical (unpaired) electrons. The molecule has 2 aromatic carbocycles. The number of nitrogens with one attached hydrogen (secondary N) is 2. The summed E-state index contributed by atoms with van der Waals surface area (Å²) in [6.07, 6.45) is 0. The summed E-state index contributed by atoms with van der Waals surface area (Å²) in [6, 6.07) is 12.6. The van der Waals surface area contributed by atoms with Crippen LogP contribution in [0.4, 0.5) is 11.4 Å². The van der Waals surface area contributed by atoms with Gasteiger partial charge in [-0.3, -0.25) is 14.9 Å². The number of para-hydroxylation sites is 2. The fraction of sp³-hybridized carbons (Fsp3) is 0.278. The molecule has 25 heavy (non-hydrogen) atoms. The number of hydrogen-bond donors (Lipinski definition) is 2. The summed E-state index contributed by atoms with van der Waals surface area (Å²) >= 11 is 1.51. The van der Waals surface area contributed by atoms with E-state index in [1.54, 1.807) is 18.2 Å². The van der Waals surface area contributed by atoms with Crippen LogP contribution < -0.4 is 10.6 Å². The SMILES string of the molecule is Cc1ccc(C)c(SCC(=O)NCCNc2ccccc2[N+](=O)[O-])c1. The summed E-state index contributed by atoms with van der Waals surface area (Å²) in [5, 5.41) is 16.7. The number of nitro benzene ring substituents is 1. The molecule has 0 unspecified atom stereocenters. The minimum absolute atomic E-state index is 0.0271. The number of carbonyl (C=O) groups excluding carboxylic acids is 1. The summed E-state index contributed by atoms with van der Waals surface area (Å²) in [7, 11) is 0. The number of nitro groups is 1. The highest BCUT2D eigenvalue weighted by atomic mass is 32.2. The van der Waals surface area contributed by atoms with E-state index in [0.717, 1.165) is 10.5 Å². The van der Waals surface area contributed by atoms with E-state index in [0.29, 0.717) is 24.5 Å². The fourth-order valence-corrected chi connectivity index (χ4v) is 3.19. The van der Waals surface area contributed by atoms with E-state index in [4.69, 9.17) is 0 Å². The van der Waals surface area contributed by atoms with Crippen LogP contribution in [0.3, 0.4) is 0 Å². The number of benzene rings is 2. The molecular weight excluding hydrogens is 338 g/mol. The van der Waals surface area contributed by atoms with Gasteiger partial charge in [0.1, 0.15) is 5.69 Å². The quantitative estimate of drug-likeness (QED) is 0.326. The molecule has 1 amide bonds. The Morgan fingerprint density at radius 2 is 1.92 bits per heavy atom. The van der Waals surface area contributed by atoms with E-state index in [2.05, 4.69) is 16.7 Å². The number of carbonyl (C=O) groups is 1.